The summed E-state index contributed by atoms with van der Waals surface area (Å²) >= 11 is 3.40. The number of hydrogen-bond acceptors (Lipinski definition) is 2. The SMILES string of the molecule is NCCc1cc2ccc(Br)cc2o1. The molecule has 0 amide bonds. The fourth-order valence-electron chi connectivity index (χ4n) is 1.33. The molecule has 0 aliphatic rings. The zero-order valence-electron chi connectivity index (χ0n) is 7.09. The molecule has 0 fully saturated rings. The highest BCUT2D eigenvalue weighted by atomic mass is 79.9. The van der Waals surface area contributed by atoms with Gasteiger partial charge in [0.15, 0.2) is 0 Å². The molecular formula is C10H10BrNO. The molecule has 3 heteroatoms. The predicted octanol–water partition coefficient (Wildman–Crippen LogP) is 2.70. The van der Waals surface area contributed by atoms with Crippen molar-refractivity contribution in [3.63, 3.8) is 0 Å². The Balaban J connectivity index is 2.49. The van der Waals surface area contributed by atoms with Crippen LogP contribution in [0.5, 0.6) is 0 Å². The molecule has 2 rings (SSSR count). The summed E-state index contributed by atoms with van der Waals surface area (Å²) in [6.45, 7) is 0.626. The Kier molecular flexibility index (Phi) is 2.38. The molecule has 0 aliphatic heterocycles. The van der Waals surface area contributed by atoms with Crippen molar-refractivity contribution in [3.05, 3.63) is 34.5 Å². The molecule has 0 bridgehead atoms. The molecule has 0 saturated heterocycles. The third-order valence-electron chi connectivity index (χ3n) is 1.92. The maximum Gasteiger partial charge on any atom is 0.135 e. The Labute approximate surface area is 84.8 Å². The average Bonchev–Trinajstić information content (AvgIpc) is 2.46. The molecule has 2 N–H and O–H groups in total. The topological polar surface area (TPSA) is 39.2 Å². The zero-order chi connectivity index (χ0) is 9.26. The lowest BCUT2D eigenvalue weighted by atomic mass is 10.2. The van der Waals surface area contributed by atoms with E-state index in [1.807, 2.05) is 24.3 Å². The highest BCUT2D eigenvalue weighted by Crippen LogP contribution is 2.23. The van der Waals surface area contributed by atoms with Gasteiger partial charge in [-0.25, -0.2) is 0 Å². The van der Waals surface area contributed by atoms with Crippen LogP contribution < -0.4 is 5.73 Å². The first-order valence-electron chi connectivity index (χ1n) is 4.17. The summed E-state index contributed by atoms with van der Waals surface area (Å²) in [5.74, 6) is 0.954. The molecule has 2 nitrogen and oxygen atoms in total. The average molecular weight is 240 g/mol. The van der Waals surface area contributed by atoms with E-state index >= 15 is 0 Å². The first-order chi connectivity index (χ1) is 6.29. The lowest BCUT2D eigenvalue weighted by molar-refractivity contribution is 0.550. The summed E-state index contributed by atoms with van der Waals surface area (Å²) in [4.78, 5) is 0. The minimum atomic E-state index is 0.626. The third-order valence-corrected chi connectivity index (χ3v) is 2.42. The maximum absolute atomic E-state index is 5.58. The normalized spacial score (nSPS) is 10.9. The summed E-state index contributed by atoms with van der Waals surface area (Å²) < 4.78 is 6.62. The van der Waals surface area contributed by atoms with Crippen LogP contribution in [0.25, 0.3) is 11.0 Å². The van der Waals surface area contributed by atoms with E-state index in [2.05, 4.69) is 15.9 Å². The number of nitrogens with two attached hydrogens (primary N) is 1. The van der Waals surface area contributed by atoms with Crippen LogP contribution in [0.2, 0.25) is 0 Å². The van der Waals surface area contributed by atoms with Crippen LogP contribution in [0.4, 0.5) is 0 Å². The number of benzene rings is 1. The number of hydrogen-bond donors (Lipinski definition) is 1. The van der Waals surface area contributed by atoms with Gasteiger partial charge in [-0.2, -0.15) is 0 Å². The van der Waals surface area contributed by atoms with Crippen LogP contribution in [0.15, 0.2) is 33.2 Å². The van der Waals surface area contributed by atoms with E-state index in [9.17, 15) is 0 Å². The van der Waals surface area contributed by atoms with Gasteiger partial charge in [-0.05, 0) is 30.8 Å². The van der Waals surface area contributed by atoms with Crippen molar-refractivity contribution in [2.75, 3.05) is 6.54 Å². The summed E-state index contributed by atoms with van der Waals surface area (Å²) in [5, 5.41) is 1.13. The third kappa shape index (κ3) is 1.76. The Morgan fingerprint density at radius 3 is 2.92 bits per heavy atom. The van der Waals surface area contributed by atoms with Crippen molar-refractivity contribution in [2.24, 2.45) is 5.73 Å². The summed E-state index contributed by atoms with van der Waals surface area (Å²) in [6, 6.07) is 8.04. The smallest absolute Gasteiger partial charge is 0.135 e. The molecule has 0 radical (unpaired) electrons. The van der Waals surface area contributed by atoms with Crippen LogP contribution in [-0.4, -0.2) is 6.54 Å². The van der Waals surface area contributed by atoms with Crippen LogP contribution >= 0.6 is 15.9 Å². The van der Waals surface area contributed by atoms with E-state index in [-0.39, 0.29) is 0 Å². The predicted molar refractivity (Wildman–Crippen MR) is 56.7 cm³/mol. The first-order valence-corrected chi connectivity index (χ1v) is 4.97. The summed E-state index contributed by atoms with van der Waals surface area (Å²) in [7, 11) is 0. The maximum atomic E-state index is 5.58. The highest BCUT2D eigenvalue weighted by molar-refractivity contribution is 9.10. The number of halogens is 1. The number of furan rings is 1. The number of fused-ring (bicyclic) bond motifs is 1. The fraction of sp³-hybridized carbons (Fsp3) is 0.200. The van der Waals surface area contributed by atoms with Crippen LogP contribution in [0, 0.1) is 0 Å². The lowest BCUT2D eigenvalue weighted by Crippen LogP contribution is -2.01. The van der Waals surface area contributed by atoms with Gasteiger partial charge in [0.1, 0.15) is 11.3 Å². The van der Waals surface area contributed by atoms with Gasteiger partial charge in [0.2, 0.25) is 0 Å². The minimum Gasteiger partial charge on any atom is -0.461 e. The van der Waals surface area contributed by atoms with Crippen molar-refractivity contribution >= 4 is 26.9 Å². The largest absolute Gasteiger partial charge is 0.461 e. The molecule has 0 spiro atoms. The fourth-order valence-corrected chi connectivity index (χ4v) is 1.67. The van der Waals surface area contributed by atoms with E-state index in [1.54, 1.807) is 0 Å². The Hall–Kier alpha value is -0.800. The van der Waals surface area contributed by atoms with Gasteiger partial charge in [-0.15, -0.1) is 0 Å². The molecule has 68 valence electrons. The van der Waals surface area contributed by atoms with Crippen molar-refractivity contribution in [1.82, 2.24) is 0 Å². The summed E-state index contributed by atoms with van der Waals surface area (Å²) in [6.07, 6.45) is 0.798. The van der Waals surface area contributed by atoms with E-state index in [1.165, 1.54) is 0 Å². The van der Waals surface area contributed by atoms with E-state index in [4.69, 9.17) is 10.2 Å². The van der Waals surface area contributed by atoms with E-state index in [0.29, 0.717) is 6.54 Å². The molecule has 0 aliphatic carbocycles. The molecule has 0 saturated carbocycles. The second kappa shape index (κ2) is 3.52. The van der Waals surface area contributed by atoms with Gasteiger partial charge in [0, 0.05) is 16.3 Å². The van der Waals surface area contributed by atoms with Crippen LogP contribution in [0.3, 0.4) is 0 Å². The molecule has 0 atom stereocenters. The van der Waals surface area contributed by atoms with Gasteiger partial charge in [0.05, 0.1) is 0 Å². The first kappa shape index (κ1) is 8.78. The monoisotopic (exact) mass is 239 g/mol. The molecular weight excluding hydrogens is 230 g/mol. The van der Waals surface area contributed by atoms with Crippen molar-refractivity contribution in [3.8, 4) is 0 Å². The van der Waals surface area contributed by atoms with Gasteiger partial charge < -0.3 is 10.2 Å². The molecule has 2 aromatic rings. The molecule has 1 aromatic heterocycles. The van der Waals surface area contributed by atoms with Crippen LogP contribution in [-0.2, 0) is 6.42 Å². The van der Waals surface area contributed by atoms with Gasteiger partial charge in [-0.1, -0.05) is 15.9 Å². The molecule has 0 unspecified atom stereocenters. The quantitative estimate of drug-likeness (QED) is 0.876. The minimum absolute atomic E-state index is 0.626. The Morgan fingerprint density at radius 1 is 1.31 bits per heavy atom. The van der Waals surface area contributed by atoms with Crippen molar-refractivity contribution in [2.45, 2.75) is 6.42 Å². The second-order valence-electron chi connectivity index (χ2n) is 2.93. The Bertz CT molecular complexity index is 422. The molecule has 13 heavy (non-hydrogen) atoms. The highest BCUT2D eigenvalue weighted by Gasteiger charge is 2.02. The molecule has 1 heterocycles. The van der Waals surface area contributed by atoms with Crippen LogP contribution in [0.1, 0.15) is 5.76 Å². The van der Waals surface area contributed by atoms with Gasteiger partial charge >= 0.3 is 0 Å². The second-order valence-corrected chi connectivity index (χ2v) is 3.85. The van der Waals surface area contributed by atoms with Crippen molar-refractivity contribution in [1.29, 1.82) is 0 Å². The Morgan fingerprint density at radius 2 is 2.15 bits per heavy atom. The lowest BCUT2D eigenvalue weighted by Gasteiger charge is -1.89. The van der Waals surface area contributed by atoms with Gasteiger partial charge in [-0.3, -0.25) is 0 Å². The summed E-state index contributed by atoms with van der Waals surface area (Å²) in [5.41, 5.74) is 6.36. The number of rotatable bonds is 2. The van der Waals surface area contributed by atoms with E-state index in [0.717, 1.165) is 27.6 Å². The molecule has 1 aromatic carbocycles. The van der Waals surface area contributed by atoms with E-state index < -0.39 is 0 Å². The van der Waals surface area contributed by atoms with Gasteiger partial charge in [0.25, 0.3) is 0 Å². The zero-order valence-corrected chi connectivity index (χ0v) is 8.67. The standard InChI is InChI=1S/C10H10BrNO/c11-8-2-1-7-5-9(3-4-12)13-10(7)6-8/h1-2,5-6H,3-4,12H2. The van der Waals surface area contributed by atoms with Crippen molar-refractivity contribution < 1.29 is 4.42 Å².